The van der Waals surface area contributed by atoms with E-state index in [9.17, 15) is 9.59 Å². The second kappa shape index (κ2) is 7.80. The van der Waals surface area contributed by atoms with Gasteiger partial charge in [0.2, 0.25) is 0 Å². The highest BCUT2D eigenvalue weighted by Crippen LogP contribution is 2.20. The summed E-state index contributed by atoms with van der Waals surface area (Å²) >= 11 is 6.05. The molecule has 0 bridgehead atoms. The molecule has 3 rings (SSSR count). The molecule has 3 aromatic rings. The van der Waals surface area contributed by atoms with Crippen molar-refractivity contribution >= 4 is 34.8 Å². The van der Waals surface area contributed by atoms with Gasteiger partial charge in [-0.1, -0.05) is 29.8 Å². The number of nitrogens with zero attached hydrogens (tertiary/aromatic N) is 1. The number of rotatable bonds is 4. The fourth-order valence-corrected chi connectivity index (χ4v) is 2.64. The number of nitrogens with one attached hydrogen (secondary N) is 2. The Kier molecular flexibility index (Phi) is 5.29. The van der Waals surface area contributed by atoms with E-state index in [1.165, 1.54) is 0 Å². The molecule has 0 spiro atoms. The maximum atomic E-state index is 12.5. The average molecular weight is 366 g/mol. The number of aromatic nitrogens is 1. The van der Waals surface area contributed by atoms with E-state index in [-0.39, 0.29) is 11.8 Å². The van der Waals surface area contributed by atoms with E-state index < -0.39 is 0 Å². The number of hydrogen-bond donors (Lipinski definition) is 2. The molecule has 0 saturated heterocycles. The van der Waals surface area contributed by atoms with Crippen molar-refractivity contribution in [1.82, 2.24) is 4.98 Å². The van der Waals surface area contributed by atoms with E-state index in [4.69, 9.17) is 11.6 Å². The van der Waals surface area contributed by atoms with Crippen molar-refractivity contribution in [3.63, 3.8) is 0 Å². The van der Waals surface area contributed by atoms with Gasteiger partial charge in [0.05, 0.1) is 22.5 Å². The monoisotopic (exact) mass is 365 g/mol. The number of hydrogen-bond acceptors (Lipinski definition) is 3. The zero-order chi connectivity index (χ0) is 18.5. The summed E-state index contributed by atoms with van der Waals surface area (Å²) in [5.41, 5.74) is 2.74. The van der Waals surface area contributed by atoms with Crippen molar-refractivity contribution in [3.05, 3.63) is 88.7 Å². The van der Waals surface area contributed by atoms with E-state index in [0.717, 1.165) is 5.56 Å². The van der Waals surface area contributed by atoms with Crippen LogP contribution in [0.15, 0.2) is 67.0 Å². The third-order valence-corrected chi connectivity index (χ3v) is 4.11. The van der Waals surface area contributed by atoms with Gasteiger partial charge in [-0.15, -0.1) is 0 Å². The Labute approximate surface area is 156 Å². The van der Waals surface area contributed by atoms with Crippen molar-refractivity contribution < 1.29 is 9.59 Å². The summed E-state index contributed by atoms with van der Waals surface area (Å²) in [5, 5.41) is 5.92. The molecule has 130 valence electrons. The van der Waals surface area contributed by atoms with Gasteiger partial charge >= 0.3 is 0 Å². The van der Waals surface area contributed by atoms with Gasteiger partial charge in [-0.2, -0.15) is 0 Å². The molecule has 2 aromatic carbocycles. The molecule has 0 atom stereocenters. The number of halogens is 1. The lowest BCUT2D eigenvalue weighted by Crippen LogP contribution is -2.16. The first-order valence-corrected chi connectivity index (χ1v) is 8.30. The third kappa shape index (κ3) is 4.07. The minimum absolute atomic E-state index is 0.274. The summed E-state index contributed by atoms with van der Waals surface area (Å²) in [6, 6.07) is 15.4. The van der Waals surface area contributed by atoms with Gasteiger partial charge in [0.25, 0.3) is 11.8 Å². The molecule has 2 N–H and O–H groups in total. The van der Waals surface area contributed by atoms with Crippen LogP contribution in [0, 0.1) is 6.92 Å². The summed E-state index contributed by atoms with van der Waals surface area (Å²) in [7, 11) is 0. The van der Waals surface area contributed by atoms with Gasteiger partial charge in [-0.25, -0.2) is 0 Å². The fourth-order valence-electron chi connectivity index (χ4n) is 2.42. The van der Waals surface area contributed by atoms with Gasteiger partial charge in [-0.05, 0) is 48.9 Å². The molecule has 0 radical (unpaired) electrons. The molecule has 5 nitrogen and oxygen atoms in total. The van der Waals surface area contributed by atoms with Crippen LogP contribution in [0.1, 0.15) is 26.3 Å². The highest BCUT2D eigenvalue weighted by atomic mass is 35.5. The SMILES string of the molecule is Cc1ccc(NC(=O)c2ccccc2Cl)cc1C(=O)Nc1cccnc1. The van der Waals surface area contributed by atoms with Crippen LogP contribution in [0.3, 0.4) is 0 Å². The molecule has 0 fully saturated rings. The molecule has 0 aliphatic heterocycles. The number of benzene rings is 2. The van der Waals surface area contributed by atoms with Gasteiger partial charge in [0.1, 0.15) is 0 Å². The second-order valence-electron chi connectivity index (χ2n) is 5.66. The molecule has 1 heterocycles. The normalized spacial score (nSPS) is 10.2. The Morgan fingerprint density at radius 1 is 0.885 bits per heavy atom. The smallest absolute Gasteiger partial charge is 0.257 e. The third-order valence-electron chi connectivity index (χ3n) is 3.78. The van der Waals surface area contributed by atoms with E-state index in [2.05, 4.69) is 15.6 Å². The number of anilines is 2. The quantitative estimate of drug-likeness (QED) is 0.712. The summed E-state index contributed by atoms with van der Waals surface area (Å²) < 4.78 is 0. The van der Waals surface area contributed by atoms with Gasteiger partial charge in [0.15, 0.2) is 0 Å². The first-order chi connectivity index (χ1) is 12.5. The van der Waals surface area contributed by atoms with Crippen LogP contribution in [-0.4, -0.2) is 16.8 Å². The lowest BCUT2D eigenvalue weighted by atomic mass is 10.1. The Hall–Kier alpha value is -3.18. The van der Waals surface area contributed by atoms with E-state index in [1.807, 2.05) is 6.92 Å². The Morgan fingerprint density at radius 3 is 2.35 bits per heavy atom. The number of amides is 2. The molecule has 26 heavy (non-hydrogen) atoms. The Balaban J connectivity index is 1.80. The molecule has 0 saturated carbocycles. The number of aryl methyl sites for hydroxylation is 1. The molecule has 6 heteroatoms. The van der Waals surface area contributed by atoms with Crippen LogP contribution in [0.25, 0.3) is 0 Å². The lowest BCUT2D eigenvalue weighted by molar-refractivity contribution is 0.101. The molecule has 1 aromatic heterocycles. The Morgan fingerprint density at radius 2 is 1.62 bits per heavy atom. The van der Waals surface area contributed by atoms with Crippen LogP contribution >= 0.6 is 11.6 Å². The summed E-state index contributed by atoms with van der Waals surface area (Å²) in [6.07, 6.45) is 3.20. The van der Waals surface area contributed by atoms with Crippen LogP contribution in [0.4, 0.5) is 11.4 Å². The highest BCUT2D eigenvalue weighted by molar-refractivity contribution is 6.34. The minimum atomic E-state index is -0.335. The van der Waals surface area contributed by atoms with Crippen LogP contribution in [-0.2, 0) is 0 Å². The zero-order valence-electron chi connectivity index (χ0n) is 14.0. The average Bonchev–Trinajstić information content (AvgIpc) is 2.64. The number of carbonyl (C=O) groups excluding carboxylic acids is 2. The molecule has 0 unspecified atom stereocenters. The first-order valence-electron chi connectivity index (χ1n) is 7.92. The second-order valence-corrected chi connectivity index (χ2v) is 6.07. The first kappa shape index (κ1) is 17.6. The zero-order valence-corrected chi connectivity index (χ0v) is 14.7. The predicted molar refractivity (Wildman–Crippen MR) is 103 cm³/mol. The molecule has 0 aliphatic rings. The Bertz CT molecular complexity index is 958. The summed E-state index contributed by atoms with van der Waals surface area (Å²) in [4.78, 5) is 28.9. The van der Waals surface area contributed by atoms with Gasteiger partial charge < -0.3 is 10.6 Å². The molecular formula is C20H16ClN3O2. The molecule has 2 amide bonds. The standard InChI is InChI=1S/C20H16ClN3O2/c1-13-8-9-14(23-19(25)16-6-2-3-7-18(16)21)11-17(13)20(26)24-15-5-4-10-22-12-15/h2-12H,1H3,(H,23,25)(H,24,26). The highest BCUT2D eigenvalue weighted by Gasteiger charge is 2.13. The number of pyridine rings is 1. The van der Waals surface area contributed by atoms with Gasteiger partial charge in [0, 0.05) is 17.4 Å². The summed E-state index contributed by atoms with van der Waals surface area (Å²) in [5.74, 6) is -0.609. The lowest BCUT2D eigenvalue weighted by Gasteiger charge is -2.11. The van der Waals surface area contributed by atoms with E-state index in [0.29, 0.717) is 27.5 Å². The topological polar surface area (TPSA) is 71.1 Å². The van der Waals surface area contributed by atoms with Crippen molar-refractivity contribution in [2.45, 2.75) is 6.92 Å². The van der Waals surface area contributed by atoms with Crippen molar-refractivity contribution in [3.8, 4) is 0 Å². The molecule has 0 aliphatic carbocycles. The van der Waals surface area contributed by atoms with E-state index >= 15 is 0 Å². The fraction of sp³-hybridized carbons (Fsp3) is 0.0500. The van der Waals surface area contributed by atoms with Crippen LogP contribution in [0.5, 0.6) is 0 Å². The number of carbonyl (C=O) groups is 2. The van der Waals surface area contributed by atoms with Crippen molar-refractivity contribution in [2.75, 3.05) is 10.6 Å². The van der Waals surface area contributed by atoms with Gasteiger partial charge in [-0.3, -0.25) is 14.6 Å². The van der Waals surface area contributed by atoms with Crippen molar-refractivity contribution in [2.24, 2.45) is 0 Å². The largest absolute Gasteiger partial charge is 0.322 e. The molecular weight excluding hydrogens is 350 g/mol. The summed E-state index contributed by atoms with van der Waals surface area (Å²) in [6.45, 7) is 1.83. The van der Waals surface area contributed by atoms with Crippen molar-refractivity contribution in [1.29, 1.82) is 0 Å². The minimum Gasteiger partial charge on any atom is -0.322 e. The predicted octanol–water partition coefficient (Wildman–Crippen LogP) is 4.55. The maximum Gasteiger partial charge on any atom is 0.257 e. The van der Waals surface area contributed by atoms with Crippen LogP contribution < -0.4 is 10.6 Å². The maximum absolute atomic E-state index is 12.5. The van der Waals surface area contributed by atoms with E-state index in [1.54, 1.807) is 67.0 Å². The van der Waals surface area contributed by atoms with Crippen LogP contribution in [0.2, 0.25) is 5.02 Å².